The van der Waals surface area contributed by atoms with E-state index in [0.29, 0.717) is 29.1 Å². The average Bonchev–Trinajstić information content (AvgIpc) is 2.74. The maximum atomic E-state index is 12.3. The van der Waals surface area contributed by atoms with Gasteiger partial charge in [-0.2, -0.15) is 0 Å². The molecular formula is C24H20O5. The number of hydrogen-bond acceptors (Lipinski definition) is 5. The van der Waals surface area contributed by atoms with E-state index in [1.165, 1.54) is 7.11 Å². The molecule has 0 aliphatic heterocycles. The fourth-order valence-electron chi connectivity index (χ4n) is 3.46. The first kappa shape index (κ1) is 18.7. The predicted octanol–water partition coefficient (Wildman–Crippen LogP) is 4.55. The largest absolute Gasteiger partial charge is 0.489 e. The zero-order valence-corrected chi connectivity index (χ0v) is 16.2. The molecule has 0 bridgehead atoms. The highest BCUT2D eigenvalue weighted by Crippen LogP contribution is 2.26. The second-order valence-electron chi connectivity index (χ2n) is 6.83. The minimum absolute atomic E-state index is 0.111. The van der Waals surface area contributed by atoms with Crippen LogP contribution in [-0.2, 0) is 22.6 Å². The molecular weight excluding hydrogens is 368 g/mol. The van der Waals surface area contributed by atoms with Crippen LogP contribution in [-0.4, -0.2) is 13.1 Å². The third kappa shape index (κ3) is 3.72. The number of aryl methyl sites for hydroxylation is 1. The number of carbonyl (C=O) groups excluding carboxylic acids is 1. The Balaban J connectivity index is 1.63. The molecule has 146 valence electrons. The first-order chi connectivity index (χ1) is 14.1. The average molecular weight is 388 g/mol. The minimum atomic E-state index is -0.536. The first-order valence-electron chi connectivity index (χ1n) is 9.29. The highest BCUT2D eigenvalue weighted by atomic mass is 16.5. The van der Waals surface area contributed by atoms with Gasteiger partial charge in [0.2, 0.25) is 0 Å². The van der Waals surface area contributed by atoms with E-state index in [4.69, 9.17) is 9.15 Å². The van der Waals surface area contributed by atoms with Crippen molar-refractivity contribution >= 4 is 27.7 Å². The summed E-state index contributed by atoms with van der Waals surface area (Å²) in [6.07, 6.45) is -0.111. The number of fused-ring (bicyclic) bond motifs is 2. The molecule has 0 saturated heterocycles. The van der Waals surface area contributed by atoms with Crippen molar-refractivity contribution in [2.24, 2.45) is 0 Å². The quantitative estimate of drug-likeness (QED) is 0.371. The summed E-state index contributed by atoms with van der Waals surface area (Å²) >= 11 is 0. The van der Waals surface area contributed by atoms with E-state index in [1.54, 1.807) is 13.0 Å². The molecule has 4 rings (SSSR count). The number of esters is 1. The second kappa shape index (κ2) is 7.80. The molecule has 0 spiro atoms. The Kier molecular flexibility index (Phi) is 5.04. The van der Waals surface area contributed by atoms with Gasteiger partial charge in [-0.1, -0.05) is 42.5 Å². The standard InChI is InChI=1S/C24H20O5/c1-15-19-11-10-18(12-22(19)29-24(26)21(15)13-23(25)27-2)28-14-17-8-5-7-16-6-3-4-9-20(16)17/h3-12H,13-14H2,1-2H3. The maximum absolute atomic E-state index is 12.3. The second-order valence-corrected chi connectivity index (χ2v) is 6.83. The number of ether oxygens (including phenoxy) is 2. The van der Waals surface area contributed by atoms with Crippen LogP contribution < -0.4 is 10.4 Å². The van der Waals surface area contributed by atoms with Gasteiger partial charge in [0.1, 0.15) is 17.9 Å². The van der Waals surface area contributed by atoms with Gasteiger partial charge >= 0.3 is 11.6 Å². The lowest BCUT2D eigenvalue weighted by molar-refractivity contribution is -0.139. The van der Waals surface area contributed by atoms with E-state index >= 15 is 0 Å². The molecule has 1 aromatic heterocycles. The molecule has 0 atom stereocenters. The van der Waals surface area contributed by atoms with Crippen LogP contribution in [0.4, 0.5) is 0 Å². The van der Waals surface area contributed by atoms with Crippen molar-refractivity contribution in [3.8, 4) is 5.75 Å². The van der Waals surface area contributed by atoms with Crippen LogP contribution in [0, 0.1) is 6.92 Å². The van der Waals surface area contributed by atoms with Crippen molar-refractivity contribution in [2.45, 2.75) is 20.0 Å². The number of benzene rings is 3. The highest BCUT2D eigenvalue weighted by Gasteiger charge is 2.15. The predicted molar refractivity (Wildman–Crippen MR) is 111 cm³/mol. The Morgan fingerprint density at radius 2 is 1.79 bits per heavy atom. The summed E-state index contributed by atoms with van der Waals surface area (Å²) in [5.41, 5.74) is 1.99. The summed E-state index contributed by atoms with van der Waals surface area (Å²) in [4.78, 5) is 23.9. The number of hydrogen-bond donors (Lipinski definition) is 0. The van der Waals surface area contributed by atoms with Crippen molar-refractivity contribution in [1.82, 2.24) is 0 Å². The molecule has 1 heterocycles. The molecule has 0 aliphatic carbocycles. The van der Waals surface area contributed by atoms with Crippen LogP contribution in [0.3, 0.4) is 0 Å². The van der Waals surface area contributed by atoms with Crippen LogP contribution in [0.5, 0.6) is 5.75 Å². The van der Waals surface area contributed by atoms with Crippen LogP contribution >= 0.6 is 0 Å². The summed E-state index contributed by atoms with van der Waals surface area (Å²) in [5.74, 6) is 0.128. The number of methoxy groups -OCH3 is 1. The lowest BCUT2D eigenvalue weighted by atomic mass is 10.0. The molecule has 4 aromatic rings. The normalized spacial score (nSPS) is 11.0. The molecule has 5 heteroatoms. The lowest BCUT2D eigenvalue weighted by Gasteiger charge is -2.11. The summed E-state index contributed by atoms with van der Waals surface area (Å²) in [6.45, 7) is 2.20. The molecule has 0 radical (unpaired) electrons. The zero-order valence-electron chi connectivity index (χ0n) is 16.2. The van der Waals surface area contributed by atoms with E-state index in [0.717, 1.165) is 21.7 Å². The molecule has 5 nitrogen and oxygen atoms in total. The van der Waals surface area contributed by atoms with E-state index in [9.17, 15) is 9.59 Å². The van der Waals surface area contributed by atoms with Gasteiger partial charge in [0.15, 0.2) is 0 Å². The minimum Gasteiger partial charge on any atom is -0.489 e. The van der Waals surface area contributed by atoms with Crippen LogP contribution in [0.2, 0.25) is 0 Å². The molecule has 0 saturated carbocycles. The number of carbonyl (C=O) groups is 1. The summed E-state index contributed by atoms with van der Waals surface area (Å²) in [6, 6.07) is 19.6. The molecule has 0 aliphatic rings. The zero-order chi connectivity index (χ0) is 20.4. The number of rotatable bonds is 5. The first-order valence-corrected chi connectivity index (χ1v) is 9.29. The van der Waals surface area contributed by atoms with Crippen LogP contribution in [0.15, 0.2) is 69.9 Å². The Morgan fingerprint density at radius 3 is 2.62 bits per heavy atom. The Hall–Kier alpha value is -3.60. The fourth-order valence-corrected chi connectivity index (χ4v) is 3.46. The molecule has 0 N–H and O–H groups in total. The van der Waals surface area contributed by atoms with Gasteiger partial charge in [-0.05, 0) is 41.0 Å². The molecule has 29 heavy (non-hydrogen) atoms. The van der Waals surface area contributed by atoms with Crippen molar-refractivity contribution in [1.29, 1.82) is 0 Å². The molecule has 3 aromatic carbocycles. The summed E-state index contributed by atoms with van der Waals surface area (Å²) in [7, 11) is 1.29. The highest BCUT2D eigenvalue weighted by molar-refractivity contribution is 5.86. The van der Waals surface area contributed by atoms with E-state index in [2.05, 4.69) is 22.9 Å². The van der Waals surface area contributed by atoms with Crippen molar-refractivity contribution in [3.05, 3.63) is 87.8 Å². The van der Waals surface area contributed by atoms with Crippen molar-refractivity contribution in [3.63, 3.8) is 0 Å². The third-order valence-corrected chi connectivity index (χ3v) is 5.08. The molecule has 0 amide bonds. The topological polar surface area (TPSA) is 65.7 Å². The van der Waals surface area contributed by atoms with E-state index < -0.39 is 11.6 Å². The summed E-state index contributed by atoms with van der Waals surface area (Å²) in [5, 5.41) is 3.07. The fraction of sp³-hybridized carbons (Fsp3) is 0.167. The lowest BCUT2D eigenvalue weighted by Crippen LogP contribution is -2.16. The van der Waals surface area contributed by atoms with Crippen molar-refractivity contribution in [2.75, 3.05) is 7.11 Å². The van der Waals surface area contributed by atoms with E-state index in [1.807, 2.05) is 36.4 Å². The SMILES string of the molecule is COC(=O)Cc1c(C)c2ccc(OCc3cccc4ccccc34)cc2oc1=O. The van der Waals surface area contributed by atoms with Gasteiger partial charge in [-0.15, -0.1) is 0 Å². The smallest absolute Gasteiger partial charge is 0.340 e. The van der Waals surface area contributed by atoms with Gasteiger partial charge in [0.05, 0.1) is 19.1 Å². The van der Waals surface area contributed by atoms with Crippen LogP contribution in [0.1, 0.15) is 16.7 Å². The van der Waals surface area contributed by atoms with Gasteiger partial charge in [-0.25, -0.2) is 4.79 Å². The molecule has 0 unspecified atom stereocenters. The van der Waals surface area contributed by atoms with Gasteiger partial charge in [0.25, 0.3) is 0 Å². The van der Waals surface area contributed by atoms with Gasteiger partial charge in [-0.3, -0.25) is 4.79 Å². The van der Waals surface area contributed by atoms with Crippen molar-refractivity contribution < 1.29 is 18.7 Å². The van der Waals surface area contributed by atoms with Crippen LogP contribution in [0.25, 0.3) is 21.7 Å². The van der Waals surface area contributed by atoms with E-state index in [-0.39, 0.29) is 6.42 Å². The van der Waals surface area contributed by atoms with Gasteiger partial charge < -0.3 is 13.9 Å². The third-order valence-electron chi connectivity index (χ3n) is 5.08. The Labute approximate surface area is 167 Å². The summed E-state index contributed by atoms with van der Waals surface area (Å²) < 4.78 is 16.1. The Morgan fingerprint density at radius 1 is 1.00 bits per heavy atom. The maximum Gasteiger partial charge on any atom is 0.340 e. The monoisotopic (exact) mass is 388 g/mol. The Bertz CT molecular complexity index is 1260. The molecule has 0 fully saturated rings. The van der Waals surface area contributed by atoms with Gasteiger partial charge in [0, 0.05) is 11.5 Å².